The van der Waals surface area contributed by atoms with E-state index in [9.17, 15) is 4.79 Å². The van der Waals surface area contributed by atoms with Gasteiger partial charge in [0.15, 0.2) is 0 Å². The van der Waals surface area contributed by atoms with Gasteiger partial charge in [0, 0.05) is 18.8 Å². The number of morpholine rings is 1. The van der Waals surface area contributed by atoms with Crippen LogP contribution in [0.15, 0.2) is 24.3 Å². The topological polar surface area (TPSA) is 76.8 Å². The van der Waals surface area contributed by atoms with Gasteiger partial charge in [0.2, 0.25) is 5.91 Å². The van der Waals surface area contributed by atoms with Crippen molar-refractivity contribution < 1.29 is 14.3 Å². The van der Waals surface area contributed by atoms with Crippen LogP contribution in [0.5, 0.6) is 5.75 Å². The molecule has 0 saturated carbocycles. The molecule has 0 radical (unpaired) electrons. The number of rotatable bonds is 5. The fourth-order valence-electron chi connectivity index (χ4n) is 2.10. The summed E-state index contributed by atoms with van der Waals surface area (Å²) in [5.41, 5.74) is 6.31. The molecule has 114 valence electrons. The summed E-state index contributed by atoms with van der Waals surface area (Å²) in [5.74, 6) is 0.671. The second-order valence-electron chi connectivity index (χ2n) is 4.77. The summed E-state index contributed by atoms with van der Waals surface area (Å²) in [5, 5.41) is 2.84. The van der Waals surface area contributed by atoms with Gasteiger partial charge < -0.3 is 20.5 Å². The molecule has 21 heavy (non-hydrogen) atoms. The van der Waals surface area contributed by atoms with Gasteiger partial charge in [-0.1, -0.05) is 12.2 Å². The average Bonchev–Trinajstić information content (AvgIpc) is 2.48. The van der Waals surface area contributed by atoms with Gasteiger partial charge in [0.1, 0.15) is 16.8 Å². The van der Waals surface area contributed by atoms with Gasteiger partial charge in [-0.3, -0.25) is 9.69 Å². The van der Waals surface area contributed by atoms with Crippen molar-refractivity contribution in [2.45, 2.75) is 6.10 Å². The van der Waals surface area contributed by atoms with Crippen LogP contribution in [0.25, 0.3) is 0 Å². The highest BCUT2D eigenvalue weighted by Crippen LogP contribution is 2.15. The van der Waals surface area contributed by atoms with Crippen LogP contribution in [0, 0.1) is 0 Å². The van der Waals surface area contributed by atoms with Crippen LogP contribution in [-0.4, -0.2) is 55.3 Å². The molecule has 6 nitrogen and oxygen atoms in total. The number of thiocarbonyl (C=S) groups is 1. The zero-order valence-electron chi connectivity index (χ0n) is 11.9. The predicted octanol–water partition coefficient (Wildman–Crippen LogP) is 0.621. The zero-order chi connectivity index (χ0) is 15.2. The number of carbonyl (C=O) groups excluding carboxylic acids is 1. The molecule has 1 aliphatic rings. The molecule has 1 heterocycles. The van der Waals surface area contributed by atoms with Crippen molar-refractivity contribution in [2.75, 3.05) is 38.7 Å². The molecule has 0 aliphatic carbocycles. The Hall–Kier alpha value is -1.70. The second kappa shape index (κ2) is 7.35. The standard InChI is InChI=1S/C14H19N3O3S/c1-19-11-4-2-10(3-5-11)16-13(18)9-17-6-7-20-12(8-17)14(15)21/h2-5,12H,6-9H2,1H3,(H2,15,21)(H,16,18). The van der Waals surface area contributed by atoms with Crippen molar-refractivity contribution in [1.29, 1.82) is 0 Å². The fraction of sp³-hybridized carbons (Fsp3) is 0.429. The lowest BCUT2D eigenvalue weighted by Gasteiger charge is -2.31. The van der Waals surface area contributed by atoms with E-state index in [2.05, 4.69) is 5.32 Å². The third kappa shape index (κ3) is 4.66. The van der Waals surface area contributed by atoms with Gasteiger partial charge in [-0.2, -0.15) is 0 Å². The molecule has 1 unspecified atom stereocenters. The normalized spacial score (nSPS) is 19.0. The van der Waals surface area contributed by atoms with Gasteiger partial charge in [-0.25, -0.2) is 0 Å². The number of anilines is 1. The predicted molar refractivity (Wildman–Crippen MR) is 84.6 cm³/mol. The SMILES string of the molecule is COc1ccc(NC(=O)CN2CCOC(C(N)=S)C2)cc1. The molecule has 7 heteroatoms. The molecule has 1 aromatic rings. The largest absolute Gasteiger partial charge is 0.497 e. The maximum atomic E-state index is 12.0. The van der Waals surface area contributed by atoms with Crippen LogP contribution in [0.3, 0.4) is 0 Å². The average molecular weight is 309 g/mol. The van der Waals surface area contributed by atoms with E-state index < -0.39 is 0 Å². The number of hydrogen-bond donors (Lipinski definition) is 2. The van der Waals surface area contributed by atoms with E-state index in [1.54, 1.807) is 31.4 Å². The Balaban J connectivity index is 1.84. The van der Waals surface area contributed by atoms with Crippen molar-refractivity contribution in [3.63, 3.8) is 0 Å². The summed E-state index contributed by atoms with van der Waals surface area (Å²) in [4.78, 5) is 14.3. The maximum Gasteiger partial charge on any atom is 0.238 e. The van der Waals surface area contributed by atoms with Crippen LogP contribution < -0.4 is 15.8 Å². The lowest BCUT2D eigenvalue weighted by atomic mass is 10.2. The van der Waals surface area contributed by atoms with Crippen LogP contribution >= 0.6 is 12.2 Å². The Morgan fingerprint density at radius 1 is 1.52 bits per heavy atom. The Bertz CT molecular complexity index is 507. The zero-order valence-corrected chi connectivity index (χ0v) is 12.7. The number of nitrogens with zero attached hydrogens (tertiary/aromatic N) is 1. The first kappa shape index (κ1) is 15.7. The van der Waals surface area contributed by atoms with Crippen LogP contribution in [0.4, 0.5) is 5.69 Å². The van der Waals surface area contributed by atoms with Crippen LogP contribution in [0.2, 0.25) is 0 Å². The molecule has 3 N–H and O–H groups in total. The lowest BCUT2D eigenvalue weighted by molar-refractivity contribution is -0.118. The smallest absolute Gasteiger partial charge is 0.238 e. The molecule has 1 fully saturated rings. The number of carbonyl (C=O) groups is 1. The summed E-state index contributed by atoms with van der Waals surface area (Å²) in [6, 6.07) is 7.20. The molecule has 1 saturated heterocycles. The Kier molecular flexibility index (Phi) is 5.49. The number of methoxy groups -OCH3 is 1. The molecular formula is C14H19N3O3S. The first-order valence-corrected chi connectivity index (χ1v) is 7.06. The highest BCUT2D eigenvalue weighted by Gasteiger charge is 2.23. The summed E-state index contributed by atoms with van der Waals surface area (Å²) in [6.45, 7) is 2.05. The number of ether oxygens (including phenoxy) is 2. The Labute approximate surface area is 129 Å². The summed E-state index contributed by atoms with van der Waals surface area (Å²) in [6.07, 6.45) is -0.275. The van der Waals surface area contributed by atoms with E-state index in [4.69, 9.17) is 27.4 Å². The number of benzene rings is 1. The molecule has 1 atom stereocenters. The number of nitrogens with two attached hydrogens (primary N) is 1. The highest BCUT2D eigenvalue weighted by atomic mass is 32.1. The van der Waals surface area contributed by atoms with Crippen LogP contribution in [-0.2, 0) is 9.53 Å². The Morgan fingerprint density at radius 2 is 2.24 bits per heavy atom. The van der Waals surface area contributed by atoms with Crippen molar-refractivity contribution in [3.05, 3.63) is 24.3 Å². The van der Waals surface area contributed by atoms with E-state index in [1.807, 2.05) is 4.90 Å². The monoisotopic (exact) mass is 309 g/mol. The van der Waals surface area contributed by atoms with Crippen molar-refractivity contribution in [1.82, 2.24) is 4.90 Å². The molecule has 0 spiro atoms. The molecular weight excluding hydrogens is 290 g/mol. The Morgan fingerprint density at radius 3 is 2.86 bits per heavy atom. The molecule has 0 bridgehead atoms. The van der Waals surface area contributed by atoms with E-state index in [-0.39, 0.29) is 18.6 Å². The van der Waals surface area contributed by atoms with E-state index in [0.717, 1.165) is 11.4 Å². The maximum absolute atomic E-state index is 12.0. The van der Waals surface area contributed by atoms with Crippen molar-refractivity contribution >= 4 is 28.8 Å². The fourth-order valence-corrected chi connectivity index (χ4v) is 2.24. The van der Waals surface area contributed by atoms with E-state index in [0.29, 0.717) is 24.7 Å². The molecule has 0 aromatic heterocycles. The van der Waals surface area contributed by atoms with E-state index >= 15 is 0 Å². The molecule has 1 aliphatic heterocycles. The van der Waals surface area contributed by atoms with Gasteiger partial charge in [0.25, 0.3) is 0 Å². The number of amides is 1. The highest BCUT2D eigenvalue weighted by molar-refractivity contribution is 7.80. The van der Waals surface area contributed by atoms with Gasteiger partial charge >= 0.3 is 0 Å². The number of nitrogens with one attached hydrogen (secondary N) is 1. The third-order valence-corrected chi connectivity index (χ3v) is 3.47. The van der Waals surface area contributed by atoms with Gasteiger partial charge in [-0.05, 0) is 24.3 Å². The number of hydrogen-bond acceptors (Lipinski definition) is 5. The van der Waals surface area contributed by atoms with Gasteiger partial charge in [0.05, 0.1) is 20.3 Å². The summed E-state index contributed by atoms with van der Waals surface area (Å²) < 4.78 is 10.5. The molecule has 1 amide bonds. The third-order valence-electron chi connectivity index (χ3n) is 3.21. The minimum atomic E-state index is -0.275. The first-order valence-electron chi connectivity index (χ1n) is 6.65. The summed E-state index contributed by atoms with van der Waals surface area (Å²) >= 11 is 4.92. The lowest BCUT2D eigenvalue weighted by Crippen LogP contribution is -2.49. The summed E-state index contributed by atoms with van der Waals surface area (Å²) in [7, 11) is 1.60. The first-order chi connectivity index (χ1) is 10.1. The van der Waals surface area contributed by atoms with E-state index in [1.165, 1.54) is 0 Å². The molecule has 2 rings (SSSR count). The molecule has 1 aromatic carbocycles. The van der Waals surface area contributed by atoms with Crippen molar-refractivity contribution in [3.8, 4) is 5.75 Å². The minimum absolute atomic E-state index is 0.0799. The minimum Gasteiger partial charge on any atom is -0.497 e. The van der Waals surface area contributed by atoms with Crippen molar-refractivity contribution in [2.24, 2.45) is 5.73 Å². The van der Waals surface area contributed by atoms with Gasteiger partial charge in [-0.15, -0.1) is 0 Å². The second-order valence-corrected chi connectivity index (χ2v) is 5.24. The van der Waals surface area contributed by atoms with Crippen LogP contribution in [0.1, 0.15) is 0 Å². The quantitative estimate of drug-likeness (QED) is 0.777.